The van der Waals surface area contributed by atoms with E-state index in [0.29, 0.717) is 11.7 Å². The molecule has 0 spiro atoms. The number of rotatable bonds is 5. The molecule has 17 heavy (non-hydrogen) atoms. The van der Waals surface area contributed by atoms with E-state index in [1.165, 1.54) is 11.8 Å². The standard InChI is InChI=1S/C10H15N3O3S/c1-10(3-2-4-16-10)6-13-7-11-12-9(13)17-5-8(14)15/h7H,2-6H2,1H3,(H,14,15). The van der Waals surface area contributed by atoms with Gasteiger partial charge in [-0.3, -0.25) is 4.79 Å². The first-order valence-corrected chi connectivity index (χ1v) is 6.44. The second kappa shape index (κ2) is 5.05. The maximum atomic E-state index is 10.5. The van der Waals surface area contributed by atoms with Crippen molar-refractivity contribution in [2.75, 3.05) is 12.4 Å². The topological polar surface area (TPSA) is 77.2 Å². The van der Waals surface area contributed by atoms with E-state index in [9.17, 15) is 4.79 Å². The summed E-state index contributed by atoms with van der Waals surface area (Å²) in [7, 11) is 0. The molecule has 1 aliphatic heterocycles. The molecule has 6 nitrogen and oxygen atoms in total. The minimum absolute atomic E-state index is 0.00371. The normalized spacial score (nSPS) is 24.1. The van der Waals surface area contributed by atoms with Crippen LogP contribution >= 0.6 is 11.8 Å². The number of thioether (sulfide) groups is 1. The van der Waals surface area contributed by atoms with Crippen molar-refractivity contribution >= 4 is 17.7 Å². The number of hydrogen-bond donors (Lipinski definition) is 1. The summed E-state index contributed by atoms with van der Waals surface area (Å²) in [5.41, 5.74) is -0.180. The minimum Gasteiger partial charge on any atom is -0.481 e. The highest BCUT2D eigenvalue weighted by molar-refractivity contribution is 7.99. The van der Waals surface area contributed by atoms with Crippen molar-refractivity contribution in [3.8, 4) is 0 Å². The molecule has 2 heterocycles. The van der Waals surface area contributed by atoms with Crippen LogP contribution in [0.1, 0.15) is 19.8 Å². The van der Waals surface area contributed by atoms with Crippen LogP contribution < -0.4 is 0 Å². The molecule has 94 valence electrons. The molecule has 7 heteroatoms. The fourth-order valence-corrected chi connectivity index (χ4v) is 2.55. The lowest BCUT2D eigenvalue weighted by molar-refractivity contribution is -0.133. The molecule has 0 amide bonds. The largest absolute Gasteiger partial charge is 0.481 e. The van der Waals surface area contributed by atoms with E-state index in [1.54, 1.807) is 6.33 Å². The average Bonchev–Trinajstić information content (AvgIpc) is 2.85. The van der Waals surface area contributed by atoms with Gasteiger partial charge in [0.1, 0.15) is 6.33 Å². The van der Waals surface area contributed by atoms with E-state index >= 15 is 0 Å². The minimum atomic E-state index is -0.854. The molecular formula is C10H15N3O3S. The van der Waals surface area contributed by atoms with Gasteiger partial charge in [-0.25, -0.2) is 0 Å². The van der Waals surface area contributed by atoms with E-state index in [0.717, 1.165) is 19.4 Å². The molecule has 0 aromatic carbocycles. The molecule has 1 N–H and O–H groups in total. The van der Waals surface area contributed by atoms with Crippen molar-refractivity contribution in [3.63, 3.8) is 0 Å². The van der Waals surface area contributed by atoms with Crippen LogP contribution in [0.4, 0.5) is 0 Å². The number of carboxylic acid groups (broad SMARTS) is 1. The fraction of sp³-hybridized carbons (Fsp3) is 0.700. The molecule has 1 aromatic heterocycles. The van der Waals surface area contributed by atoms with Gasteiger partial charge >= 0.3 is 5.97 Å². The highest BCUT2D eigenvalue weighted by Crippen LogP contribution is 2.28. The van der Waals surface area contributed by atoms with Crippen LogP contribution in [0.5, 0.6) is 0 Å². The lowest BCUT2D eigenvalue weighted by Gasteiger charge is -2.23. The summed E-state index contributed by atoms with van der Waals surface area (Å²) in [6, 6.07) is 0. The van der Waals surface area contributed by atoms with Crippen LogP contribution in [0.15, 0.2) is 11.5 Å². The van der Waals surface area contributed by atoms with Gasteiger partial charge in [-0.05, 0) is 19.8 Å². The maximum absolute atomic E-state index is 10.5. The van der Waals surface area contributed by atoms with Crippen LogP contribution in [0.2, 0.25) is 0 Å². The third-order valence-electron chi connectivity index (χ3n) is 2.71. The summed E-state index contributed by atoms with van der Waals surface area (Å²) in [5, 5.41) is 17.0. The van der Waals surface area contributed by atoms with Crippen molar-refractivity contribution in [1.29, 1.82) is 0 Å². The van der Waals surface area contributed by atoms with E-state index in [2.05, 4.69) is 17.1 Å². The van der Waals surface area contributed by atoms with Gasteiger partial charge in [0.25, 0.3) is 0 Å². The van der Waals surface area contributed by atoms with Gasteiger partial charge in [-0.15, -0.1) is 10.2 Å². The number of nitrogens with zero attached hydrogens (tertiary/aromatic N) is 3. The Balaban J connectivity index is 2.00. The molecule has 0 radical (unpaired) electrons. The summed E-state index contributed by atoms with van der Waals surface area (Å²) < 4.78 is 7.55. The molecular weight excluding hydrogens is 242 g/mol. The van der Waals surface area contributed by atoms with Crippen LogP contribution in [0, 0.1) is 0 Å². The highest BCUT2D eigenvalue weighted by atomic mass is 32.2. The van der Waals surface area contributed by atoms with Crippen LogP contribution in [0.3, 0.4) is 0 Å². The highest BCUT2D eigenvalue weighted by Gasteiger charge is 2.31. The third-order valence-corrected chi connectivity index (χ3v) is 3.68. The average molecular weight is 257 g/mol. The fourth-order valence-electron chi connectivity index (χ4n) is 1.91. The van der Waals surface area contributed by atoms with E-state index in [-0.39, 0.29) is 11.4 Å². The Hall–Kier alpha value is -1.08. The second-order valence-electron chi connectivity index (χ2n) is 4.33. The Morgan fingerprint density at radius 3 is 3.24 bits per heavy atom. The second-order valence-corrected chi connectivity index (χ2v) is 5.27. The Bertz CT molecular complexity index is 401. The van der Waals surface area contributed by atoms with Crippen LogP contribution in [-0.2, 0) is 16.1 Å². The van der Waals surface area contributed by atoms with Crippen molar-refractivity contribution in [2.45, 2.75) is 37.1 Å². The number of ether oxygens (including phenoxy) is 1. The first kappa shape index (κ1) is 12.4. The number of aliphatic carboxylic acids is 1. The molecule has 0 aliphatic carbocycles. The Kier molecular flexibility index (Phi) is 3.68. The van der Waals surface area contributed by atoms with E-state index in [4.69, 9.17) is 9.84 Å². The van der Waals surface area contributed by atoms with Crippen molar-refractivity contribution in [2.24, 2.45) is 0 Å². The maximum Gasteiger partial charge on any atom is 0.313 e. The SMILES string of the molecule is CC1(Cn2cnnc2SCC(=O)O)CCCO1. The number of carboxylic acids is 1. The van der Waals surface area contributed by atoms with Crippen LogP contribution in [0.25, 0.3) is 0 Å². The van der Waals surface area contributed by atoms with Crippen LogP contribution in [-0.4, -0.2) is 43.8 Å². The smallest absolute Gasteiger partial charge is 0.313 e. The zero-order chi connectivity index (χ0) is 12.3. The van der Waals surface area contributed by atoms with Gasteiger partial charge in [-0.2, -0.15) is 0 Å². The molecule has 2 rings (SSSR count). The first-order chi connectivity index (χ1) is 8.09. The summed E-state index contributed by atoms with van der Waals surface area (Å²) in [4.78, 5) is 10.5. The van der Waals surface area contributed by atoms with Gasteiger partial charge in [-0.1, -0.05) is 11.8 Å². The molecule has 0 bridgehead atoms. The Morgan fingerprint density at radius 1 is 1.76 bits per heavy atom. The third kappa shape index (κ3) is 3.19. The van der Waals surface area contributed by atoms with Crippen molar-refractivity contribution < 1.29 is 14.6 Å². The Labute approximate surface area is 103 Å². The first-order valence-electron chi connectivity index (χ1n) is 5.45. The van der Waals surface area contributed by atoms with Crippen molar-refractivity contribution in [1.82, 2.24) is 14.8 Å². The molecule has 1 aliphatic rings. The van der Waals surface area contributed by atoms with Gasteiger partial charge in [0, 0.05) is 6.61 Å². The zero-order valence-electron chi connectivity index (χ0n) is 9.63. The number of aromatic nitrogens is 3. The lowest BCUT2D eigenvalue weighted by atomic mass is 10.0. The summed E-state index contributed by atoms with van der Waals surface area (Å²) in [6.07, 6.45) is 3.70. The summed E-state index contributed by atoms with van der Waals surface area (Å²) >= 11 is 1.18. The zero-order valence-corrected chi connectivity index (χ0v) is 10.4. The predicted molar refractivity (Wildman–Crippen MR) is 62.0 cm³/mol. The summed E-state index contributed by atoms with van der Waals surface area (Å²) in [6.45, 7) is 3.52. The molecule has 0 saturated carbocycles. The van der Waals surface area contributed by atoms with Gasteiger partial charge < -0.3 is 14.4 Å². The summed E-state index contributed by atoms with van der Waals surface area (Å²) in [5.74, 6) is -0.858. The molecule has 1 aromatic rings. The van der Waals surface area contributed by atoms with Crippen molar-refractivity contribution in [3.05, 3.63) is 6.33 Å². The number of carbonyl (C=O) groups is 1. The molecule has 1 fully saturated rings. The van der Waals surface area contributed by atoms with E-state index < -0.39 is 5.97 Å². The predicted octanol–water partition coefficient (Wildman–Crippen LogP) is 1.02. The van der Waals surface area contributed by atoms with Gasteiger partial charge in [0.2, 0.25) is 0 Å². The quantitative estimate of drug-likeness (QED) is 0.794. The molecule has 1 saturated heterocycles. The van der Waals surface area contributed by atoms with Gasteiger partial charge in [0.05, 0.1) is 17.9 Å². The lowest BCUT2D eigenvalue weighted by Crippen LogP contribution is -2.29. The monoisotopic (exact) mass is 257 g/mol. The molecule has 1 atom stereocenters. The molecule has 1 unspecified atom stereocenters. The number of hydrogen-bond acceptors (Lipinski definition) is 5. The van der Waals surface area contributed by atoms with Gasteiger partial charge in [0.15, 0.2) is 5.16 Å². The van der Waals surface area contributed by atoms with E-state index in [1.807, 2.05) is 4.57 Å². The Morgan fingerprint density at radius 2 is 2.59 bits per heavy atom.